The first kappa shape index (κ1) is 20.7. The third kappa shape index (κ3) is 4.94. The van der Waals surface area contributed by atoms with E-state index in [1.807, 2.05) is 72.8 Å². The number of hydrogen-bond acceptors (Lipinski definition) is 4. The van der Waals surface area contributed by atoms with Gasteiger partial charge in [0.1, 0.15) is 0 Å². The third-order valence-electron chi connectivity index (χ3n) is 5.54. The Kier molecular flexibility index (Phi) is 6.32. The minimum atomic E-state index is -0.925. The van der Waals surface area contributed by atoms with Crippen LogP contribution in [0.3, 0.4) is 0 Å². The summed E-state index contributed by atoms with van der Waals surface area (Å²) in [6.07, 6.45) is -0.925. The zero-order chi connectivity index (χ0) is 21.6. The highest BCUT2D eigenvalue weighted by Gasteiger charge is 2.31. The highest BCUT2D eigenvalue weighted by Crippen LogP contribution is 2.26. The van der Waals surface area contributed by atoms with Crippen molar-refractivity contribution in [1.29, 1.82) is 0 Å². The number of carbonyl (C=O) groups excluding carboxylic acids is 2. The van der Waals surface area contributed by atoms with E-state index in [0.29, 0.717) is 18.7 Å². The van der Waals surface area contributed by atoms with Crippen LogP contribution in [0.2, 0.25) is 0 Å². The van der Waals surface area contributed by atoms with Crippen molar-refractivity contribution in [2.75, 3.05) is 31.1 Å². The standard InChI is InChI=1S/C26H26N2O3/c1-20(29)31-25(23-14-12-22(13-15-23)21-8-4-2-5-9-21)26(30)28-18-16-27(17-19-28)24-10-6-3-7-11-24/h2-15,25H,16-19H2,1H3. The summed E-state index contributed by atoms with van der Waals surface area (Å²) in [7, 11) is 0. The number of amides is 1. The molecule has 1 fully saturated rings. The predicted octanol–water partition coefficient (Wildman–Crippen LogP) is 4.31. The number of nitrogens with zero attached hydrogens (tertiary/aromatic N) is 2. The topological polar surface area (TPSA) is 49.9 Å². The van der Waals surface area contributed by atoms with E-state index in [-0.39, 0.29) is 5.91 Å². The van der Waals surface area contributed by atoms with Gasteiger partial charge in [0.05, 0.1) is 0 Å². The van der Waals surface area contributed by atoms with Crippen LogP contribution in [-0.2, 0) is 14.3 Å². The molecule has 1 aliphatic rings. The summed E-state index contributed by atoms with van der Waals surface area (Å²) in [5.74, 6) is -0.635. The summed E-state index contributed by atoms with van der Waals surface area (Å²) in [6.45, 7) is 4.01. The number of piperazine rings is 1. The number of benzene rings is 3. The Bertz CT molecular complexity index is 1010. The molecule has 1 amide bonds. The van der Waals surface area contributed by atoms with Crippen LogP contribution in [0.5, 0.6) is 0 Å². The highest BCUT2D eigenvalue weighted by molar-refractivity contribution is 5.85. The zero-order valence-corrected chi connectivity index (χ0v) is 17.6. The molecule has 158 valence electrons. The molecule has 4 rings (SSSR count). The quantitative estimate of drug-likeness (QED) is 0.584. The molecular weight excluding hydrogens is 388 g/mol. The highest BCUT2D eigenvalue weighted by atomic mass is 16.5. The summed E-state index contributed by atoms with van der Waals surface area (Å²) in [4.78, 5) is 29.1. The Morgan fingerprint density at radius 2 is 1.29 bits per heavy atom. The minimum Gasteiger partial charge on any atom is -0.447 e. The Morgan fingerprint density at radius 3 is 1.87 bits per heavy atom. The minimum absolute atomic E-state index is 0.171. The van der Waals surface area contributed by atoms with E-state index in [4.69, 9.17) is 4.74 Å². The van der Waals surface area contributed by atoms with Gasteiger partial charge >= 0.3 is 5.97 Å². The van der Waals surface area contributed by atoms with Crippen molar-refractivity contribution in [1.82, 2.24) is 4.90 Å². The molecule has 1 heterocycles. The van der Waals surface area contributed by atoms with E-state index in [0.717, 1.165) is 29.9 Å². The molecule has 0 aromatic heterocycles. The van der Waals surface area contributed by atoms with Crippen molar-refractivity contribution in [2.24, 2.45) is 0 Å². The Hall–Kier alpha value is -3.60. The second-order valence-electron chi connectivity index (χ2n) is 7.63. The fourth-order valence-electron chi connectivity index (χ4n) is 3.90. The summed E-state index contributed by atoms with van der Waals surface area (Å²) in [6, 6.07) is 27.9. The largest absolute Gasteiger partial charge is 0.447 e. The van der Waals surface area contributed by atoms with Crippen molar-refractivity contribution < 1.29 is 14.3 Å². The number of esters is 1. The van der Waals surface area contributed by atoms with E-state index in [1.165, 1.54) is 6.92 Å². The summed E-state index contributed by atoms with van der Waals surface area (Å²) < 4.78 is 5.46. The van der Waals surface area contributed by atoms with Gasteiger partial charge in [-0.05, 0) is 23.3 Å². The molecular formula is C26H26N2O3. The van der Waals surface area contributed by atoms with Gasteiger partial charge in [-0.2, -0.15) is 0 Å². The molecule has 1 saturated heterocycles. The molecule has 0 aliphatic carbocycles. The fraction of sp³-hybridized carbons (Fsp3) is 0.231. The molecule has 3 aromatic carbocycles. The maximum Gasteiger partial charge on any atom is 0.303 e. The average Bonchev–Trinajstić information content (AvgIpc) is 2.83. The van der Waals surface area contributed by atoms with Gasteiger partial charge in [0.2, 0.25) is 6.10 Å². The van der Waals surface area contributed by atoms with Gasteiger partial charge in [-0.3, -0.25) is 9.59 Å². The molecule has 0 bridgehead atoms. The van der Waals surface area contributed by atoms with Gasteiger partial charge in [0.15, 0.2) is 0 Å². The fourth-order valence-corrected chi connectivity index (χ4v) is 3.90. The number of ether oxygens (including phenoxy) is 1. The lowest BCUT2D eigenvalue weighted by Gasteiger charge is -2.37. The van der Waals surface area contributed by atoms with Crippen molar-refractivity contribution in [3.05, 3.63) is 90.5 Å². The molecule has 1 aliphatic heterocycles. The zero-order valence-electron chi connectivity index (χ0n) is 17.6. The van der Waals surface area contributed by atoms with Crippen LogP contribution < -0.4 is 4.90 Å². The Morgan fingerprint density at radius 1 is 0.742 bits per heavy atom. The lowest BCUT2D eigenvalue weighted by Crippen LogP contribution is -2.50. The first-order valence-electron chi connectivity index (χ1n) is 10.5. The van der Waals surface area contributed by atoms with Crippen LogP contribution >= 0.6 is 0 Å². The summed E-state index contributed by atoms with van der Waals surface area (Å²) >= 11 is 0. The maximum atomic E-state index is 13.3. The first-order valence-corrected chi connectivity index (χ1v) is 10.5. The van der Waals surface area contributed by atoms with Crippen LogP contribution in [0, 0.1) is 0 Å². The van der Waals surface area contributed by atoms with Crippen LogP contribution in [0.25, 0.3) is 11.1 Å². The van der Waals surface area contributed by atoms with E-state index >= 15 is 0 Å². The van der Waals surface area contributed by atoms with E-state index in [2.05, 4.69) is 17.0 Å². The second-order valence-corrected chi connectivity index (χ2v) is 7.63. The van der Waals surface area contributed by atoms with Gasteiger partial charge in [-0.25, -0.2) is 0 Å². The van der Waals surface area contributed by atoms with Crippen molar-refractivity contribution in [3.8, 4) is 11.1 Å². The molecule has 0 saturated carbocycles. The smallest absolute Gasteiger partial charge is 0.303 e. The lowest BCUT2D eigenvalue weighted by atomic mass is 10.0. The van der Waals surface area contributed by atoms with Gasteiger partial charge in [-0.15, -0.1) is 0 Å². The van der Waals surface area contributed by atoms with Crippen LogP contribution in [0.15, 0.2) is 84.9 Å². The average molecular weight is 415 g/mol. The molecule has 1 atom stereocenters. The number of para-hydroxylation sites is 1. The molecule has 5 heteroatoms. The van der Waals surface area contributed by atoms with Crippen LogP contribution in [0.4, 0.5) is 5.69 Å². The lowest BCUT2D eigenvalue weighted by molar-refractivity contribution is -0.159. The van der Waals surface area contributed by atoms with Crippen molar-refractivity contribution in [2.45, 2.75) is 13.0 Å². The molecule has 0 radical (unpaired) electrons. The van der Waals surface area contributed by atoms with Crippen molar-refractivity contribution in [3.63, 3.8) is 0 Å². The molecule has 31 heavy (non-hydrogen) atoms. The molecule has 0 N–H and O–H groups in total. The van der Waals surface area contributed by atoms with Crippen LogP contribution in [0.1, 0.15) is 18.6 Å². The summed E-state index contributed by atoms with van der Waals surface area (Å²) in [5, 5.41) is 0. The normalized spacial score (nSPS) is 14.7. The number of rotatable bonds is 5. The number of anilines is 1. The maximum absolute atomic E-state index is 13.3. The first-order chi connectivity index (χ1) is 15.1. The van der Waals surface area contributed by atoms with Crippen molar-refractivity contribution >= 4 is 17.6 Å². The number of carbonyl (C=O) groups is 2. The Labute approximate surface area is 182 Å². The Balaban J connectivity index is 1.47. The van der Waals surface area contributed by atoms with Gasteiger partial charge in [0, 0.05) is 44.4 Å². The number of hydrogen-bond donors (Lipinski definition) is 0. The molecule has 0 spiro atoms. The van der Waals surface area contributed by atoms with E-state index < -0.39 is 12.1 Å². The summed E-state index contributed by atoms with van der Waals surface area (Å²) in [5.41, 5.74) is 3.99. The molecule has 5 nitrogen and oxygen atoms in total. The third-order valence-corrected chi connectivity index (χ3v) is 5.54. The predicted molar refractivity (Wildman–Crippen MR) is 122 cm³/mol. The molecule has 1 unspecified atom stereocenters. The van der Waals surface area contributed by atoms with Crippen LogP contribution in [-0.4, -0.2) is 43.0 Å². The second kappa shape index (κ2) is 9.47. The van der Waals surface area contributed by atoms with E-state index in [1.54, 1.807) is 4.90 Å². The van der Waals surface area contributed by atoms with E-state index in [9.17, 15) is 9.59 Å². The van der Waals surface area contributed by atoms with Gasteiger partial charge < -0.3 is 14.5 Å². The monoisotopic (exact) mass is 414 g/mol. The van der Waals surface area contributed by atoms with Gasteiger partial charge in [0.25, 0.3) is 5.91 Å². The van der Waals surface area contributed by atoms with Gasteiger partial charge in [-0.1, -0.05) is 72.8 Å². The SMILES string of the molecule is CC(=O)OC(C(=O)N1CCN(c2ccccc2)CC1)c1ccc(-c2ccccc2)cc1. The molecule has 3 aromatic rings.